The highest BCUT2D eigenvalue weighted by Crippen LogP contribution is 2.21. The van der Waals surface area contributed by atoms with Crippen LogP contribution in [0.15, 0.2) is 36.5 Å². The van der Waals surface area contributed by atoms with Gasteiger partial charge in [0.05, 0.1) is 0 Å². The van der Waals surface area contributed by atoms with Crippen LogP contribution in [0.25, 0.3) is 11.1 Å². The lowest BCUT2D eigenvalue weighted by Crippen LogP contribution is -1.91. The molecule has 0 radical (unpaired) electrons. The molecule has 0 unspecified atom stereocenters. The quantitative estimate of drug-likeness (QED) is 0.481. The Labute approximate surface area is 125 Å². The average Bonchev–Trinajstić information content (AvgIpc) is 2.50. The van der Waals surface area contributed by atoms with Crippen molar-refractivity contribution < 1.29 is 8.78 Å². The maximum atomic E-state index is 13.2. The van der Waals surface area contributed by atoms with Gasteiger partial charge in [0, 0.05) is 11.8 Å². The summed E-state index contributed by atoms with van der Waals surface area (Å²) in [4.78, 5) is 3.41. The van der Waals surface area contributed by atoms with E-state index in [4.69, 9.17) is 0 Å². The minimum Gasteiger partial charge on any atom is -0.225 e. The van der Waals surface area contributed by atoms with Crippen molar-refractivity contribution in [2.24, 2.45) is 0 Å². The minimum atomic E-state index is -1.05. The van der Waals surface area contributed by atoms with Crippen LogP contribution >= 0.6 is 0 Å². The monoisotopic (exact) mass is 289 g/mol. The molecule has 0 aliphatic carbocycles. The molecule has 2 aromatic rings. The summed E-state index contributed by atoms with van der Waals surface area (Å²) in [5.74, 6) is -1.96. The first-order valence-corrected chi connectivity index (χ1v) is 7.61. The molecule has 0 bridgehead atoms. The first-order chi connectivity index (χ1) is 10.2. The normalized spacial score (nSPS) is 10.8. The Kier molecular flexibility index (Phi) is 5.85. The standard InChI is InChI=1S/C18H21F2N/c1-2-3-4-5-6-7-14-8-10-15(11-9-14)16-12-17(19)18(20)21-13-16/h8-13H,2-7H2,1H3. The third-order valence-corrected chi connectivity index (χ3v) is 3.65. The fourth-order valence-corrected chi connectivity index (χ4v) is 2.38. The summed E-state index contributed by atoms with van der Waals surface area (Å²) in [7, 11) is 0. The fraction of sp³-hybridized carbons (Fsp3) is 0.389. The summed E-state index contributed by atoms with van der Waals surface area (Å²) in [5.41, 5.74) is 2.74. The Morgan fingerprint density at radius 3 is 2.29 bits per heavy atom. The van der Waals surface area contributed by atoms with E-state index in [-0.39, 0.29) is 0 Å². The highest BCUT2D eigenvalue weighted by Gasteiger charge is 2.05. The smallest absolute Gasteiger partial charge is 0.225 e. The van der Waals surface area contributed by atoms with Gasteiger partial charge in [0.25, 0.3) is 0 Å². The molecule has 2 rings (SSSR count). The summed E-state index contributed by atoms with van der Waals surface area (Å²) >= 11 is 0. The topological polar surface area (TPSA) is 12.9 Å². The first-order valence-electron chi connectivity index (χ1n) is 7.61. The average molecular weight is 289 g/mol. The molecule has 0 fully saturated rings. The molecule has 0 aliphatic rings. The Morgan fingerprint density at radius 1 is 0.905 bits per heavy atom. The van der Waals surface area contributed by atoms with Crippen LogP contribution in [0.2, 0.25) is 0 Å². The van der Waals surface area contributed by atoms with Gasteiger partial charge in [0.2, 0.25) is 5.95 Å². The van der Waals surface area contributed by atoms with E-state index >= 15 is 0 Å². The Hall–Kier alpha value is -1.77. The second-order valence-electron chi connectivity index (χ2n) is 5.36. The second kappa shape index (κ2) is 7.87. The van der Waals surface area contributed by atoms with Gasteiger partial charge in [-0.05, 0) is 30.0 Å². The van der Waals surface area contributed by atoms with Crippen LogP contribution in [-0.4, -0.2) is 4.98 Å². The third kappa shape index (κ3) is 4.62. The summed E-state index contributed by atoms with van der Waals surface area (Å²) in [6, 6.07) is 9.17. The number of nitrogens with zero attached hydrogens (tertiary/aromatic N) is 1. The van der Waals surface area contributed by atoms with Gasteiger partial charge in [0.1, 0.15) is 0 Å². The maximum absolute atomic E-state index is 13.2. The van der Waals surface area contributed by atoms with Crippen LogP contribution in [0.5, 0.6) is 0 Å². The molecule has 0 atom stereocenters. The predicted molar refractivity (Wildman–Crippen MR) is 82.1 cm³/mol. The largest absolute Gasteiger partial charge is 0.248 e. The Morgan fingerprint density at radius 2 is 1.62 bits per heavy atom. The van der Waals surface area contributed by atoms with E-state index in [1.54, 1.807) is 0 Å². The molecule has 112 valence electrons. The molecule has 1 aromatic carbocycles. The molecule has 0 aliphatic heterocycles. The molecule has 0 amide bonds. The zero-order chi connectivity index (χ0) is 15.1. The molecule has 0 N–H and O–H groups in total. The summed E-state index contributed by atoms with van der Waals surface area (Å²) in [6.07, 6.45) is 8.76. The number of rotatable bonds is 7. The van der Waals surface area contributed by atoms with Crippen molar-refractivity contribution in [3.05, 3.63) is 53.9 Å². The van der Waals surface area contributed by atoms with Crippen LogP contribution < -0.4 is 0 Å². The SMILES string of the molecule is CCCCCCCc1ccc(-c2cnc(F)c(F)c2)cc1. The molecular weight excluding hydrogens is 268 g/mol. The molecule has 0 saturated heterocycles. The number of pyridine rings is 1. The maximum Gasteiger partial charge on any atom is 0.248 e. The van der Waals surface area contributed by atoms with Gasteiger partial charge in [0.15, 0.2) is 5.82 Å². The lowest BCUT2D eigenvalue weighted by molar-refractivity contribution is 0.480. The van der Waals surface area contributed by atoms with E-state index in [2.05, 4.69) is 24.0 Å². The Bertz CT molecular complexity index is 564. The van der Waals surface area contributed by atoms with Crippen molar-refractivity contribution in [3.63, 3.8) is 0 Å². The molecular formula is C18H21F2N. The van der Waals surface area contributed by atoms with E-state index in [1.165, 1.54) is 49.9 Å². The number of benzene rings is 1. The lowest BCUT2D eigenvalue weighted by Gasteiger charge is -2.05. The molecule has 1 nitrogen and oxygen atoms in total. The van der Waals surface area contributed by atoms with Crippen molar-refractivity contribution in [1.29, 1.82) is 0 Å². The molecule has 1 aromatic heterocycles. The highest BCUT2D eigenvalue weighted by molar-refractivity contribution is 5.62. The van der Waals surface area contributed by atoms with E-state index in [9.17, 15) is 8.78 Å². The number of hydrogen-bond acceptors (Lipinski definition) is 1. The number of unbranched alkanes of at least 4 members (excludes halogenated alkanes) is 4. The van der Waals surface area contributed by atoms with Gasteiger partial charge >= 0.3 is 0 Å². The zero-order valence-corrected chi connectivity index (χ0v) is 12.4. The van der Waals surface area contributed by atoms with E-state index in [0.717, 1.165) is 12.0 Å². The van der Waals surface area contributed by atoms with Crippen LogP contribution in [0.4, 0.5) is 8.78 Å². The molecule has 3 heteroatoms. The highest BCUT2D eigenvalue weighted by atomic mass is 19.2. The molecule has 0 spiro atoms. The van der Waals surface area contributed by atoms with Crippen molar-refractivity contribution in [2.75, 3.05) is 0 Å². The summed E-state index contributed by atoms with van der Waals surface area (Å²) < 4.78 is 26.0. The first kappa shape index (κ1) is 15.6. The molecule has 21 heavy (non-hydrogen) atoms. The third-order valence-electron chi connectivity index (χ3n) is 3.65. The van der Waals surface area contributed by atoms with Gasteiger partial charge in [-0.2, -0.15) is 4.39 Å². The number of aromatic nitrogens is 1. The van der Waals surface area contributed by atoms with E-state index < -0.39 is 11.8 Å². The summed E-state index contributed by atoms with van der Waals surface area (Å²) in [6.45, 7) is 2.21. The Balaban J connectivity index is 1.93. The van der Waals surface area contributed by atoms with Crippen molar-refractivity contribution in [3.8, 4) is 11.1 Å². The predicted octanol–water partition coefficient (Wildman–Crippen LogP) is 5.54. The van der Waals surface area contributed by atoms with E-state index in [1.807, 2.05) is 12.1 Å². The van der Waals surface area contributed by atoms with Crippen molar-refractivity contribution >= 4 is 0 Å². The number of hydrogen-bond donors (Lipinski definition) is 0. The number of aryl methyl sites for hydroxylation is 1. The van der Waals surface area contributed by atoms with Crippen molar-refractivity contribution in [2.45, 2.75) is 45.4 Å². The van der Waals surface area contributed by atoms with E-state index in [0.29, 0.717) is 5.56 Å². The zero-order valence-electron chi connectivity index (χ0n) is 12.4. The van der Waals surface area contributed by atoms with Crippen LogP contribution in [-0.2, 0) is 6.42 Å². The summed E-state index contributed by atoms with van der Waals surface area (Å²) in [5, 5.41) is 0. The van der Waals surface area contributed by atoms with Gasteiger partial charge in [-0.25, -0.2) is 9.37 Å². The van der Waals surface area contributed by atoms with Crippen LogP contribution in [0.3, 0.4) is 0 Å². The molecule has 1 heterocycles. The molecule has 0 saturated carbocycles. The van der Waals surface area contributed by atoms with Gasteiger partial charge in [-0.15, -0.1) is 0 Å². The van der Waals surface area contributed by atoms with Crippen molar-refractivity contribution in [1.82, 2.24) is 4.98 Å². The van der Waals surface area contributed by atoms with Gasteiger partial charge in [-0.1, -0.05) is 56.9 Å². The lowest BCUT2D eigenvalue weighted by atomic mass is 10.0. The minimum absolute atomic E-state index is 0.600. The fourth-order valence-electron chi connectivity index (χ4n) is 2.38. The second-order valence-corrected chi connectivity index (χ2v) is 5.36. The van der Waals surface area contributed by atoms with Crippen LogP contribution in [0, 0.1) is 11.8 Å². The number of halogens is 2. The van der Waals surface area contributed by atoms with Gasteiger partial charge < -0.3 is 0 Å². The van der Waals surface area contributed by atoms with Crippen LogP contribution in [0.1, 0.15) is 44.6 Å². The van der Waals surface area contributed by atoms with Gasteiger partial charge in [-0.3, -0.25) is 0 Å².